The molecular formula is C18H36O5. The number of rotatable bonds is 12. The number of hydrogen-bond acceptors (Lipinski definition) is 5. The van der Waals surface area contributed by atoms with Crippen LogP contribution in [0.5, 0.6) is 0 Å². The van der Waals surface area contributed by atoms with E-state index in [1.54, 1.807) is 7.11 Å². The van der Waals surface area contributed by atoms with Crippen LogP contribution >= 0.6 is 0 Å². The third kappa shape index (κ3) is 10.7. The Morgan fingerprint density at radius 3 is 2.22 bits per heavy atom. The molecule has 0 saturated carbocycles. The zero-order valence-corrected chi connectivity index (χ0v) is 16.0. The van der Waals surface area contributed by atoms with Crippen molar-refractivity contribution in [2.24, 2.45) is 17.3 Å². The van der Waals surface area contributed by atoms with Crippen LogP contribution in [0.3, 0.4) is 0 Å². The van der Waals surface area contributed by atoms with Crippen molar-refractivity contribution >= 4 is 5.97 Å². The summed E-state index contributed by atoms with van der Waals surface area (Å²) in [6.07, 6.45) is 1.38. The quantitative estimate of drug-likeness (QED) is 0.310. The highest BCUT2D eigenvalue weighted by Crippen LogP contribution is 2.30. The smallest absolute Gasteiger partial charge is 0.309 e. The van der Waals surface area contributed by atoms with Crippen LogP contribution in [-0.2, 0) is 23.7 Å². The van der Waals surface area contributed by atoms with Gasteiger partial charge in [0.1, 0.15) is 6.79 Å². The summed E-state index contributed by atoms with van der Waals surface area (Å²) in [7, 11) is 1.64. The Morgan fingerprint density at radius 1 is 1.09 bits per heavy atom. The molecule has 0 heterocycles. The highest BCUT2D eigenvalue weighted by molar-refractivity contribution is 5.72. The van der Waals surface area contributed by atoms with E-state index >= 15 is 0 Å². The second kappa shape index (κ2) is 11.8. The molecule has 0 aliphatic carbocycles. The molecule has 0 aliphatic heterocycles. The van der Waals surface area contributed by atoms with Gasteiger partial charge in [-0.15, -0.1) is 0 Å². The van der Waals surface area contributed by atoms with Crippen LogP contribution in [0.4, 0.5) is 0 Å². The van der Waals surface area contributed by atoms with Gasteiger partial charge in [-0.25, -0.2) is 0 Å². The van der Waals surface area contributed by atoms with E-state index in [-0.39, 0.29) is 30.2 Å². The predicted molar refractivity (Wildman–Crippen MR) is 91.2 cm³/mol. The first-order valence-corrected chi connectivity index (χ1v) is 8.57. The molecule has 0 fully saturated rings. The Balaban J connectivity index is 4.69. The van der Waals surface area contributed by atoms with Crippen LogP contribution in [-0.4, -0.2) is 45.8 Å². The van der Waals surface area contributed by atoms with E-state index in [1.807, 2.05) is 6.92 Å². The van der Waals surface area contributed by atoms with Crippen molar-refractivity contribution in [2.45, 2.75) is 60.5 Å². The first-order valence-electron chi connectivity index (χ1n) is 8.57. The maximum atomic E-state index is 12.2. The molecule has 0 aromatic rings. The molecule has 0 aromatic heterocycles. The van der Waals surface area contributed by atoms with Crippen molar-refractivity contribution in [1.82, 2.24) is 0 Å². The first-order chi connectivity index (χ1) is 10.7. The molecule has 0 rings (SSSR count). The van der Waals surface area contributed by atoms with Gasteiger partial charge in [0.15, 0.2) is 0 Å². The van der Waals surface area contributed by atoms with Gasteiger partial charge in [-0.1, -0.05) is 34.6 Å². The fourth-order valence-electron chi connectivity index (χ4n) is 2.38. The molecule has 0 aromatic carbocycles. The SMILES string of the molecule is CCOC(=O)[C@H](CC(C)C)C[C@H](OCOCCOC)C(C)(C)C. The maximum Gasteiger partial charge on any atom is 0.309 e. The lowest BCUT2D eigenvalue weighted by Crippen LogP contribution is -2.35. The fourth-order valence-corrected chi connectivity index (χ4v) is 2.38. The average molecular weight is 332 g/mol. The van der Waals surface area contributed by atoms with Crippen LogP contribution in [0, 0.1) is 17.3 Å². The van der Waals surface area contributed by atoms with Crippen molar-refractivity contribution in [3.63, 3.8) is 0 Å². The Labute approximate surface area is 142 Å². The van der Waals surface area contributed by atoms with Crippen molar-refractivity contribution in [2.75, 3.05) is 33.7 Å². The molecule has 0 radical (unpaired) electrons. The molecule has 0 N–H and O–H groups in total. The molecule has 0 bridgehead atoms. The summed E-state index contributed by atoms with van der Waals surface area (Å²) in [5.74, 6) is 0.167. The van der Waals surface area contributed by atoms with E-state index in [0.29, 0.717) is 32.2 Å². The summed E-state index contributed by atoms with van der Waals surface area (Å²) >= 11 is 0. The summed E-state index contributed by atoms with van der Waals surface area (Å²) in [6.45, 7) is 14.1. The molecular weight excluding hydrogens is 296 g/mol. The molecule has 0 saturated heterocycles. The number of methoxy groups -OCH3 is 1. The van der Waals surface area contributed by atoms with Gasteiger partial charge < -0.3 is 18.9 Å². The summed E-state index contributed by atoms with van der Waals surface area (Å²) in [6, 6.07) is 0. The molecule has 5 heteroatoms. The lowest BCUT2D eigenvalue weighted by atomic mass is 9.81. The molecule has 0 spiro atoms. The number of esters is 1. The minimum Gasteiger partial charge on any atom is -0.466 e. The van der Waals surface area contributed by atoms with Crippen molar-refractivity contribution in [3.05, 3.63) is 0 Å². The molecule has 2 atom stereocenters. The van der Waals surface area contributed by atoms with Gasteiger partial charge in [0.2, 0.25) is 0 Å². The minimum absolute atomic E-state index is 0.0711. The van der Waals surface area contributed by atoms with Gasteiger partial charge in [-0.3, -0.25) is 4.79 Å². The summed E-state index contributed by atoms with van der Waals surface area (Å²) in [5, 5.41) is 0. The molecule has 5 nitrogen and oxygen atoms in total. The average Bonchev–Trinajstić information content (AvgIpc) is 2.43. The zero-order valence-electron chi connectivity index (χ0n) is 16.0. The van der Waals surface area contributed by atoms with Gasteiger partial charge >= 0.3 is 5.97 Å². The van der Waals surface area contributed by atoms with Crippen LogP contribution in [0.2, 0.25) is 0 Å². The second-order valence-corrected chi connectivity index (χ2v) is 7.35. The Kier molecular flexibility index (Phi) is 11.5. The van der Waals surface area contributed by atoms with Gasteiger partial charge in [-0.05, 0) is 31.1 Å². The van der Waals surface area contributed by atoms with Crippen molar-refractivity contribution in [1.29, 1.82) is 0 Å². The minimum atomic E-state index is -0.141. The van der Waals surface area contributed by atoms with E-state index < -0.39 is 0 Å². The standard InChI is InChI=1S/C18H36O5/c1-8-22-17(19)15(11-14(2)3)12-16(18(4,5)6)23-13-21-10-9-20-7/h14-16H,8-13H2,1-7H3/t15-,16+/m1/s1. The lowest BCUT2D eigenvalue weighted by Gasteiger charge is -2.33. The maximum absolute atomic E-state index is 12.2. The van der Waals surface area contributed by atoms with E-state index in [4.69, 9.17) is 18.9 Å². The first kappa shape index (κ1) is 22.4. The van der Waals surface area contributed by atoms with Gasteiger partial charge in [-0.2, -0.15) is 0 Å². The number of carbonyl (C=O) groups excluding carboxylic acids is 1. The number of carbonyl (C=O) groups is 1. The van der Waals surface area contributed by atoms with Gasteiger partial charge in [0.05, 0.1) is 31.8 Å². The third-order valence-electron chi connectivity index (χ3n) is 3.62. The van der Waals surface area contributed by atoms with Crippen LogP contribution in [0.15, 0.2) is 0 Å². The third-order valence-corrected chi connectivity index (χ3v) is 3.62. The van der Waals surface area contributed by atoms with Crippen LogP contribution in [0.25, 0.3) is 0 Å². The molecule has 23 heavy (non-hydrogen) atoms. The normalized spacial score (nSPS) is 14.8. The van der Waals surface area contributed by atoms with Crippen LogP contribution in [0.1, 0.15) is 54.4 Å². The van der Waals surface area contributed by atoms with E-state index in [2.05, 4.69) is 34.6 Å². The fraction of sp³-hybridized carbons (Fsp3) is 0.944. The van der Waals surface area contributed by atoms with Crippen LogP contribution < -0.4 is 0 Å². The molecule has 0 aliphatic rings. The molecule has 138 valence electrons. The highest BCUT2D eigenvalue weighted by Gasteiger charge is 2.32. The lowest BCUT2D eigenvalue weighted by molar-refractivity contribution is -0.157. The monoisotopic (exact) mass is 332 g/mol. The van der Waals surface area contributed by atoms with Gasteiger partial charge in [0.25, 0.3) is 0 Å². The molecule has 0 amide bonds. The Bertz CT molecular complexity index is 309. The number of hydrogen-bond donors (Lipinski definition) is 0. The second-order valence-electron chi connectivity index (χ2n) is 7.35. The molecule has 0 unspecified atom stereocenters. The zero-order chi connectivity index (χ0) is 17.9. The highest BCUT2D eigenvalue weighted by atomic mass is 16.7. The van der Waals surface area contributed by atoms with E-state index in [0.717, 1.165) is 6.42 Å². The Morgan fingerprint density at radius 2 is 1.74 bits per heavy atom. The van der Waals surface area contributed by atoms with E-state index in [1.165, 1.54) is 0 Å². The predicted octanol–water partition coefficient (Wildman–Crippen LogP) is 3.65. The van der Waals surface area contributed by atoms with Crippen molar-refractivity contribution in [3.8, 4) is 0 Å². The summed E-state index contributed by atoms with van der Waals surface area (Å²) in [5.41, 5.74) is -0.0770. The number of ether oxygens (including phenoxy) is 4. The Hall–Kier alpha value is -0.650. The summed E-state index contributed by atoms with van der Waals surface area (Å²) < 4.78 is 21.5. The largest absolute Gasteiger partial charge is 0.466 e. The van der Waals surface area contributed by atoms with Gasteiger partial charge in [0, 0.05) is 7.11 Å². The van der Waals surface area contributed by atoms with Crippen molar-refractivity contribution < 1.29 is 23.7 Å². The summed E-state index contributed by atoms with van der Waals surface area (Å²) in [4.78, 5) is 12.2. The topological polar surface area (TPSA) is 54.0 Å². The van der Waals surface area contributed by atoms with E-state index in [9.17, 15) is 4.79 Å².